The van der Waals surface area contributed by atoms with E-state index < -0.39 is 6.04 Å². The summed E-state index contributed by atoms with van der Waals surface area (Å²) in [6.07, 6.45) is 3.71. The zero-order valence-corrected chi connectivity index (χ0v) is 12.2. The van der Waals surface area contributed by atoms with Crippen LogP contribution in [0, 0.1) is 5.92 Å². The van der Waals surface area contributed by atoms with E-state index in [0.717, 1.165) is 18.9 Å². The van der Waals surface area contributed by atoms with E-state index in [0.29, 0.717) is 6.54 Å². The summed E-state index contributed by atoms with van der Waals surface area (Å²) in [6, 6.07) is -0.401. The summed E-state index contributed by atoms with van der Waals surface area (Å²) in [5, 5.41) is 0. The Morgan fingerprint density at radius 2 is 2.06 bits per heavy atom. The Labute approximate surface area is 120 Å². The van der Waals surface area contributed by atoms with Crippen molar-refractivity contribution in [1.82, 2.24) is 14.5 Å². The van der Waals surface area contributed by atoms with Gasteiger partial charge in [0.25, 0.3) is 0 Å². The number of carbonyl (C=O) groups excluding carboxylic acids is 1. The van der Waals surface area contributed by atoms with Crippen LogP contribution in [0.1, 0.15) is 19.7 Å². The number of nitrogens with zero attached hydrogens (tertiary/aromatic N) is 3. The number of rotatable bonds is 2. The lowest BCUT2D eigenvalue weighted by molar-refractivity contribution is -0.135. The molecule has 0 saturated heterocycles. The monoisotopic (exact) mass is 294 g/mol. The average molecular weight is 295 g/mol. The van der Waals surface area contributed by atoms with E-state index in [-0.39, 0.29) is 36.6 Å². The average Bonchev–Trinajstić information content (AvgIpc) is 2.73. The molecule has 18 heavy (non-hydrogen) atoms. The van der Waals surface area contributed by atoms with E-state index >= 15 is 0 Å². The minimum Gasteiger partial charge on any atom is -0.332 e. The second-order valence-corrected chi connectivity index (χ2v) is 4.57. The highest BCUT2D eigenvalue weighted by atomic mass is 35.5. The van der Waals surface area contributed by atoms with Crippen LogP contribution in [0.25, 0.3) is 0 Å². The van der Waals surface area contributed by atoms with Gasteiger partial charge in [-0.1, -0.05) is 13.8 Å². The van der Waals surface area contributed by atoms with Crippen LogP contribution < -0.4 is 5.73 Å². The molecule has 0 spiro atoms. The van der Waals surface area contributed by atoms with E-state index in [1.807, 2.05) is 20.0 Å². The van der Waals surface area contributed by atoms with Gasteiger partial charge in [0.2, 0.25) is 5.91 Å². The Balaban J connectivity index is 0.00000144. The first kappa shape index (κ1) is 17.2. The molecule has 5 nitrogen and oxygen atoms in total. The molecule has 0 saturated carbocycles. The largest absolute Gasteiger partial charge is 0.332 e. The van der Waals surface area contributed by atoms with Crippen molar-refractivity contribution in [1.29, 1.82) is 0 Å². The van der Waals surface area contributed by atoms with Gasteiger partial charge in [0, 0.05) is 25.5 Å². The number of halogens is 2. The third kappa shape index (κ3) is 3.37. The number of hydrogen-bond acceptors (Lipinski definition) is 3. The molecule has 1 aromatic heterocycles. The van der Waals surface area contributed by atoms with Gasteiger partial charge in [-0.05, 0) is 5.92 Å². The maximum absolute atomic E-state index is 12.0. The quantitative estimate of drug-likeness (QED) is 0.887. The van der Waals surface area contributed by atoms with Crippen LogP contribution in [-0.4, -0.2) is 32.9 Å². The highest BCUT2D eigenvalue weighted by Gasteiger charge is 2.26. The van der Waals surface area contributed by atoms with Gasteiger partial charge >= 0.3 is 0 Å². The Morgan fingerprint density at radius 3 is 2.67 bits per heavy atom. The molecule has 1 atom stereocenters. The molecule has 1 aliphatic rings. The molecular formula is C11H20Cl2N4O. The fourth-order valence-corrected chi connectivity index (χ4v) is 1.86. The second kappa shape index (κ2) is 6.97. The maximum Gasteiger partial charge on any atom is 0.240 e. The van der Waals surface area contributed by atoms with Gasteiger partial charge in [-0.25, -0.2) is 4.98 Å². The third-order valence-electron chi connectivity index (χ3n) is 3.06. The minimum atomic E-state index is -0.401. The second-order valence-electron chi connectivity index (χ2n) is 4.57. The Hall–Kier alpha value is -0.780. The molecular weight excluding hydrogens is 275 g/mol. The fraction of sp³-hybridized carbons (Fsp3) is 0.636. The van der Waals surface area contributed by atoms with Crippen molar-refractivity contribution in [3.63, 3.8) is 0 Å². The summed E-state index contributed by atoms with van der Waals surface area (Å²) >= 11 is 0. The van der Waals surface area contributed by atoms with Gasteiger partial charge in [0.1, 0.15) is 5.82 Å². The standard InChI is InChI=1S/C11H18N4O.2ClH/c1-8(2)10(12)11(16)15-6-5-14-4-3-13-9(14)7-15;;/h3-4,8,10H,5-7,12H2,1-2H3;2*1H/t10-;;/m0../s1. The summed E-state index contributed by atoms with van der Waals surface area (Å²) in [6.45, 7) is 6.04. The fourth-order valence-electron chi connectivity index (χ4n) is 1.86. The SMILES string of the molecule is CC(C)[C@H](N)C(=O)N1CCn2ccnc2C1.Cl.Cl. The Kier molecular flexibility index (Phi) is 6.67. The lowest BCUT2D eigenvalue weighted by Crippen LogP contribution is -2.49. The zero-order valence-electron chi connectivity index (χ0n) is 10.6. The van der Waals surface area contributed by atoms with Crippen molar-refractivity contribution in [2.24, 2.45) is 11.7 Å². The number of nitrogens with two attached hydrogens (primary N) is 1. The molecule has 2 heterocycles. The smallest absolute Gasteiger partial charge is 0.240 e. The molecule has 0 aromatic carbocycles. The number of carbonyl (C=O) groups is 1. The van der Waals surface area contributed by atoms with E-state index in [1.54, 1.807) is 11.1 Å². The van der Waals surface area contributed by atoms with Crippen LogP contribution in [-0.2, 0) is 17.9 Å². The summed E-state index contributed by atoms with van der Waals surface area (Å²) in [7, 11) is 0. The van der Waals surface area contributed by atoms with Crippen LogP contribution in [0.15, 0.2) is 12.4 Å². The first-order valence-corrected chi connectivity index (χ1v) is 5.64. The van der Waals surface area contributed by atoms with E-state index in [1.165, 1.54) is 0 Å². The molecule has 0 fully saturated rings. The minimum absolute atomic E-state index is 0. The van der Waals surface area contributed by atoms with Crippen LogP contribution in [0.3, 0.4) is 0 Å². The van der Waals surface area contributed by atoms with Crippen molar-refractivity contribution in [3.05, 3.63) is 18.2 Å². The van der Waals surface area contributed by atoms with Gasteiger partial charge in [0.15, 0.2) is 0 Å². The first-order valence-electron chi connectivity index (χ1n) is 5.64. The summed E-state index contributed by atoms with van der Waals surface area (Å²) in [5.74, 6) is 1.15. The molecule has 0 radical (unpaired) electrons. The Bertz CT molecular complexity index is 394. The van der Waals surface area contributed by atoms with Crippen LogP contribution in [0.5, 0.6) is 0 Å². The maximum atomic E-state index is 12.0. The number of imidazole rings is 1. The zero-order chi connectivity index (χ0) is 11.7. The predicted octanol–water partition coefficient (Wildman–Crippen LogP) is 1.05. The van der Waals surface area contributed by atoms with Gasteiger partial charge in [-0.2, -0.15) is 0 Å². The first-order chi connectivity index (χ1) is 7.59. The molecule has 1 aliphatic heterocycles. The molecule has 0 unspecified atom stereocenters. The van der Waals surface area contributed by atoms with Crippen LogP contribution in [0.2, 0.25) is 0 Å². The molecule has 2 rings (SSSR count). The summed E-state index contributed by atoms with van der Waals surface area (Å²) < 4.78 is 2.07. The van der Waals surface area contributed by atoms with Gasteiger partial charge in [-0.3, -0.25) is 4.79 Å². The van der Waals surface area contributed by atoms with Gasteiger partial charge < -0.3 is 15.2 Å². The number of fused-ring (bicyclic) bond motifs is 1. The van der Waals surface area contributed by atoms with Crippen molar-refractivity contribution in [3.8, 4) is 0 Å². The molecule has 1 amide bonds. The van der Waals surface area contributed by atoms with Gasteiger partial charge in [0.05, 0.1) is 12.6 Å². The lowest BCUT2D eigenvalue weighted by atomic mass is 10.0. The van der Waals surface area contributed by atoms with Crippen LogP contribution >= 0.6 is 24.8 Å². The topological polar surface area (TPSA) is 64.2 Å². The van der Waals surface area contributed by atoms with Crippen molar-refractivity contribution in [2.45, 2.75) is 33.0 Å². The molecule has 1 aromatic rings. The van der Waals surface area contributed by atoms with Crippen molar-refractivity contribution in [2.75, 3.05) is 6.54 Å². The lowest BCUT2D eigenvalue weighted by Gasteiger charge is -2.30. The van der Waals surface area contributed by atoms with Crippen molar-refractivity contribution < 1.29 is 4.79 Å². The summed E-state index contributed by atoms with van der Waals surface area (Å²) in [5.41, 5.74) is 5.87. The van der Waals surface area contributed by atoms with Gasteiger partial charge in [-0.15, -0.1) is 24.8 Å². The van der Waals surface area contributed by atoms with E-state index in [4.69, 9.17) is 5.73 Å². The molecule has 0 bridgehead atoms. The molecule has 2 N–H and O–H groups in total. The van der Waals surface area contributed by atoms with Crippen LogP contribution in [0.4, 0.5) is 0 Å². The number of hydrogen-bond donors (Lipinski definition) is 1. The predicted molar refractivity (Wildman–Crippen MR) is 75.0 cm³/mol. The normalized spacial score (nSPS) is 15.4. The molecule has 0 aliphatic carbocycles. The van der Waals surface area contributed by atoms with E-state index in [2.05, 4.69) is 9.55 Å². The molecule has 7 heteroatoms. The Morgan fingerprint density at radius 1 is 1.39 bits per heavy atom. The van der Waals surface area contributed by atoms with E-state index in [9.17, 15) is 4.79 Å². The highest BCUT2D eigenvalue weighted by Crippen LogP contribution is 2.12. The van der Waals surface area contributed by atoms with Crippen molar-refractivity contribution >= 4 is 30.7 Å². The third-order valence-corrected chi connectivity index (χ3v) is 3.06. The summed E-state index contributed by atoms with van der Waals surface area (Å²) in [4.78, 5) is 18.1. The highest BCUT2D eigenvalue weighted by molar-refractivity contribution is 5.85. The number of amides is 1. The number of aromatic nitrogens is 2. The molecule has 104 valence electrons.